The highest BCUT2D eigenvalue weighted by molar-refractivity contribution is 5.70. The number of esters is 3. The van der Waals surface area contributed by atoms with Crippen molar-refractivity contribution in [3.63, 3.8) is 0 Å². The number of carbonyl (C=O) groups is 3. The Hall–Kier alpha value is -2.55. The van der Waals surface area contributed by atoms with Crippen molar-refractivity contribution >= 4 is 17.9 Å². The van der Waals surface area contributed by atoms with Gasteiger partial charge in [-0.2, -0.15) is 0 Å². The molecule has 1 heterocycles. The summed E-state index contributed by atoms with van der Waals surface area (Å²) in [6.07, 6.45) is 94.8. The fourth-order valence-corrected chi connectivity index (χ4v) is 18.9. The van der Waals surface area contributed by atoms with E-state index in [1.807, 2.05) is 26.2 Å². The molecular weight excluding hydrogens is 1650 g/mol. The van der Waals surface area contributed by atoms with Crippen molar-refractivity contribution in [2.24, 2.45) is 0 Å². The summed E-state index contributed by atoms with van der Waals surface area (Å²) in [4.78, 5) is 51.0. The van der Waals surface area contributed by atoms with Gasteiger partial charge in [-0.05, 0) is 123 Å². The van der Waals surface area contributed by atoms with E-state index in [9.17, 15) is 39.9 Å². The number of piperazine rings is 1. The number of hydrogen-bond acceptors (Lipinski definition) is 17. The summed E-state index contributed by atoms with van der Waals surface area (Å²) >= 11 is 0. The van der Waals surface area contributed by atoms with Gasteiger partial charge in [0.15, 0.2) is 0 Å². The number of hydrogen-bond donors (Lipinski definition) is 5. The van der Waals surface area contributed by atoms with Crippen LogP contribution in [0.25, 0.3) is 0 Å². The molecule has 133 heavy (non-hydrogen) atoms. The van der Waals surface area contributed by atoms with Gasteiger partial charge in [-0.1, -0.05) is 439 Å². The molecule has 1 rings (SSSR count). The van der Waals surface area contributed by atoms with Crippen LogP contribution in [0.4, 0.5) is 0 Å². The zero-order valence-corrected chi connectivity index (χ0v) is 90.1. The SMILES string of the molecule is CCCCCC/C=C\COC(=O)CCCCCCCC(CCCCCCCC(=O)OC/C=C\CCCCCC)OC(=O)CCCN(C)C.CCCCCCCCCCCC(O)CN(CCN1CCN(CCN(CC(O)CCCCCCCCCCC)CC(O)CCCCCCCCCCC)CC1)CCN(CC(O)CCCCCCCCCCC)CC(O)CCCCCCCCCCC. The third-order valence-corrected chi connectivity index (χ3v) is 27.8. The molecule has 17 nitrogen and oxygen atoms in total. The molecule has 1 fully saturated rings. The number of aliphatic hydroxyl groups is 5. The monoisotopic (exact) mass is 1880 g/mol. The molecule has 0 amide bonds. The Morgan fingerprint density at radius 2 is 0.481 bits per heavy atom. The number of carbonyl (C=O) groups excluding carboxylic acids is 3. The van der Waals surface area contributed by atoms with E-state index in [0.717, 1.165) is 233 Å². The largest absolute Gasteiger partial charge is 0.462 e. The lowest BCUT2D eigenvalue weighted by Crippen LogP contribution is -2.51. The van der Waals surface area contributed by atoms with Crippen molar-refractivity contribution in [1.29, 1.82) is 0 Å². The fraction of sp³-hybridized carbons (Fsp3) is 0.940. The highest BCUT2D eigenvalue weighted by Crippen LogP contribution is 2.23. The van der Waals surface area contributed by atoms with E-state index in [-0.39, 0.29) is 54.5 Å². The number of ether oxygens (including phenoxy) is 3. The molecule has 0 aromatic heterocycles. The molecule has 0 spiro atoms. The van der Waals surface area contributed by atoms with Crippen LogP contribution in [0.1, 0.15) is 536 Å². The molecule has 790 valence electrons. The molecule has 0 saturated carbocycles. The molecule has 1 aliphatic heterocycles. The minimum atomic E-state index is -0.386. The highest BCUT2D eigenvalue weighted by Gasteiger charge is 2.25. The van der Waals surface area contributed by atoms with E-state index in [2.05, 4.69) is 90.0 Å². The van der Waals surface area contributed by atoms with E-state index in [0.29, 0.717) is 65.2 Å². The quantitative estimate of drug-likeness (QED) is 0.0167. The van der Waals surface area contributed by atoms with E-state index in [1.165, 1.54) is 308 Å². The summed E-state index contributed by atoms with van der Waals surface area (Å²) in [5.74, 6) is -0.303. The molecule has 1 saturated heterocycles. The van der Waals surface area contributed by atoms with Gasteiger partial charge >= 0.3 is 17.9 Å². The molecule has 5 unspecified atom stereocenters. The molecule has 5 N–H and O–H groups in total. The third kappa shape index (κ3) is 96.7. The topological polar surface area (TPSA) is 199 Å². The van der Waals surface area contributed by atoms with Gasteiger partial charge < -0.3 is 44.6 Å². The van der Waals surface area contributed by atoms with Gasteiger partial charge in [-0.15, -0.1) is 0 Å². The number of aliphatic hydroxyl groups excluding tert-OH is 5. The second kappa shape index (κ2) is 104. The van der Waals surface area contributed by atoms with Gasteiger partial charge in [-0.3, -0.25) is 38.9 Å². The van der Waals surface area contributed by atoms with Gasteiger partial charge in [-0.25, -0.2) is 0 Å². The normalized spacial score (nSPS) is 14.1. The zero-order valence-electron chi connectivity index (χ0n) is 90.1. The van der Waals surface area contributed by atoms with Crippen molar-refractivity contribution in [3.05, 3.63) is 24.3 Å². The summed E-state index contributed by atoms with van der Waals surface area (Å²) in [7, 11) is 4.03. The van der Waals surface area contributed by atoms with E-state index in [1.54, 1.807) is 0 Å². The average molecular weight is 1890 g/mol. The Balaban J connectivity index is 0.00000307. The van der Waals surface area contributed by atoms with Crippen LogP contribution in [-0.2, 0) is 28.6 Å². The summed E-state index contributed by atoms with van der Waals surface area (Å²) in [6.45, 7) is 30.2. The van der Waals surface area contributed by atoms with Crippen LogP contribution >= 0.6 is 0 Å². The summed E-state index contributed by atoms with van der Waals surface area (Å²) in [5, 5.41) is 57.2. The van der Waals surface area contributed by atoms with Gasteiger partial charge in [0.2, 0.25) is 0 Å². The van der Waals surface area contributed by atoms with Crippen LogP contribution in [-0.4, -0.2) is 241 Å². The molecule has 5 atom stereocenters. The minimum Gasteiger partial charge on any atom is -0.462 e. The summed E-state index contributed by atoms with van der Waals surface area (Å²) in [6, 6.07) is 0. The van der Waals surface area contributed by atoms with E-state index in [4.69, 9.17) is 14.2 Å². The van der Waals surface area contributed by atoms with Crippen molar-refractivity contribution in [2.75, 3.05) is 132 Å². The van der Waals surface area contributed by atoms with Crippen molar-refractivity contribution in [2.45, 2.75) is 573 Å². The molecule has 1 aliphatic rings. The first-order valence-corrected chi connectivity index (χ1v) is 58.5. The molecule has 0 bridgehead atoms. The van der Waals surface area contributed by atoms with Gasteiger partial charge in [0.25, 0.3) is 0 Å². The number of nitrogens with zero attached hydrogens (tertiary/aromatic N) is 6. The third-order valence-electron chi connectivity index (χ3n) is 27.8. The maximum Gasteiger partial charge on any atom is 0.306 e. The minimum absolute atomic E-state index is 0.0267. The lowest BCUT2D eigenvalue weighted by molar-refractivity contribution is -0.150. The molecular formula is C116H230N6O11. The Bertz CT molecular complexity index is 2310. The van der Waals surface area contributed by atoms with Crippen LogP contribution in [0.2, 0.25) is 0 Å². The molecule has 0 aromatic carbocycles. The van der Waals surface area contributed by atoms with Gasteiger partial charge in [0, 0.05) is 117 Å². The molecule has 0 aliphatic carbocycles. The maximum atomic E-state index is 12.5. The Morgan fingerprint density at radius 3 is 0.767 bits per heavy atom. The van der Waals surface area contributed by atoms with Crippen LogP contribution in [0.3, 0.4) is 0 Å². The average Bonchev–Trinajstić information content (AvgIpc) is 0.886. The van der Waals surface area contributed by atoms with Crippen LogP contribution in [0, 0.1) is 0 Å². The standard InChI is InChI=1S/C75H155N5O5.C41H75NO6/c1-6-11-16-21-26-31-36-41-46-51-71(81)66-78(63-65-80(69-74(84)54-49-44-39-34-29-24-19-14-9-4)70-75(85)55-50-45-40-35-30-25-20-15-10-5)62-60-76-56-58-77(59-57-76)61-64-79(67-72(82)52-47-42-37-32-27-22-17-12-7-2)68-73(83)53-48-43-38-33-28-23-18-13-8-3;1-5-7-9-11-13-21-27-36-46-39(43)32-25-19-15-17-23-30-38(48-41(45)34-29-35-42(3)4)31-24-18-16-20-26-33-40(44)47-37-28-22-14-12-10-8-6-2/h71-75,81-85H,6-70H2,1-5H3;21-22,27-28,38H,5-20,23-26,29-37H2,1-4H3/b;27-21-,28-22-. The first-order valence-electron chi connectivity index (χ1n) is 58.5. The maximum absolute atomic E-state index is 12.5. The van der Waals surface area contributed by atoms with E-state index < -0.39 is 0 Å². The van der Waals surface area contributed by atoms with Crippen molar-refractivity contribution < 1.29 is 54.1 Å². The number of allylic oxidation sites excluding steroid dienone is 2. The Labute approximate surface area is 826 Å². The fourth-order valence-electron chi connectivity index (χ4n) is 18.9. The van der Waals surface area contributed by atoms with E-state index >= 15 is 0 Å². The summed E-state index contributed by atoms with van der Waals surface area (Å²) < 4.78 is 16.6. The van der Waals surface area contributed by atoms with Gasteiger partial charge in [0.05, 0.1) is 30.5 Å². The second-order valence-electron chi connectivity index (χ2n) is 41.5. The molecule has 0 aromatic rings. The van der Waals surface area contributed by atoms with Crippen LogP contribution in [0.5, 0.6) is 0 Å². The number of unbranched alkanes of at least 4 members (excludes halogenated alkanes) is 56. The molecule has 0 radical (unpaired) electrons. The summed E-state index contributed by atoms with van der Waals surface area (Å²) in [5.41, 5.74) is 0. The first kappa shape index (κ1) is 130. The first-order chi connectivity index (χ1) is 65.0. The predicted molar refractivity (Wildman–Crippen MR) is 571 cm³/mol. The van der Waals surface area contributed by atoms with Gasteiger partial charge in [0.1, 0.15) is 19.3 Å². The van der Waals surface area contributed by atoms with Crippen LogP contribution < -0.4 is 0 Å². The van der Waals surface area contributed by atoms with Crippen LogP contribution in [0.15, 0.2) is 24.3 Å². The zero-order chi connectivity index (χ0) is 97.1. The predicted octanol–water partition coefficient (Wildman–Crippen LogP) is 28.8. The Morgan fingerprint density at radius 1 is 0.256 bits per heavy atom. The number of rotatable bonds is 104. The Kier molecular flexibility index (Phi) is 102. The lowest BCUT2D eigenvalue weighted by Gasteiger charge is -2.37. The molecule has 17 heteroatoms. The second-order valence-corrected chi connectivity index (χ2v) is 41.5. The smallest absolute Gasteiger partial charge is 0.306 e. The van der Waals surface area contributed by atoms with Crippen molar-refractivity contribution in [1.82, 2.24) is 29.4 Å². The highest BCUT2D eigenvalue weighted by atomic mass is 16.5. The lowest BCUT2D eigenvalue weighted by atomic mass is 10.0. The van der Waals surface area contributed by atoms with Crippen molar-refractivity contribution in [3.8, 4) is 0 Å².